The van der Waals surface area contributed by atoms with Crippen LogP contribution in [0.15, 0.2) is 115 Å². The van der Waals surface area contributed by atoms with Crippen LogP contribution in [0.1, 0.15) is 18.1 Å². The van der Waals surface area contributed by atoms with Crippen LogP contribution in [0.4, 0.5) is 0 Å². The van der Waals surface area contributed by atoms with Crippen LogP contribution in [-0.4, -0.2) is 12.5 Å². The molecule has 4 aromatic carbocycles. The maximum atomic E-state index is 11.4. The largest absolute Gasteiger partial charge is 0.353 e. The normalized spacial score (nSPS) is 10.4. The quantitative estimate of drug-likeness (QED) is 0.387. The molecule has 0 saturated heterocycles. The summed E-state index contributed by atoms with van der Waals surface area (Å²) >= 11 is 0. The maximum absolute atomic E-state index is 11.4. The van der Waals surface area contributed by atoms with E-state index in [1.807, 2.05) is 12.1 Å². The van der Waals surface area contributed by atoms with Crippen LogP contribution in [0.5, 0.6) is 0 Å². The fourth-order valence-electron chi connectivity index (χ4n) is 3.64. The van der Waals surface area contributed by atoms with E-state index < -0.39 is 0 Å². The van der Waals surface area contributed by atoms with Gasteiger partial charge in [0.25, 0.3) is 0 Å². The van der Waals surface area contributed by atoms with Gasteiger partial charge < -0.3 is 5.32 Å². The lowest BCUT2D eigenvalue weighted by Gasteiger charge is -2.12. The second-order valence-corrected chi connectivity index (χ2v) is 7.44. The van der Waals surface area contributed by atoms with Gasteiger partial charge in [0.1, 0.15) is 0 Å². The minimum atomic E-state index is -0.0329. The van der Waals surface area contributed by atoms with Gasteiger partial charge in [0, 0.05) is 13.5 Å². The highest BCUT2D eigenvalue weighted by atomic mass is 16.1. The molecule has 2 heteroatoms. The van der Waals surface area contributed by atoms with E-state index in [4.69, 9.17) is 0 Å². The van der Waals surface area contributed by atoms with E-state index >= 15 is 0 Å². The minimum absolute atomic E-state index is 0.0329. The topological polar surface area (TPSA) is 29.1 Å². The molecule has 0 heterocycles. The molecular formula is C29H25NO. The first-order valence-electron chi connectivity index (χ1n) is 10.5. The second-order valence-electron chi connectivity index (χ2n) is 7.44. The van der Waals surface area contributed by atoms with Gasteiger partial charge in [0.15, 0.2) is 0 Å². The van der Waals surface area contributed by atoms with E-state index in [0.717, 1.165) is 16.7 Å². The number of carbonyl (C=O) groups is 1. The van der Waals surface area contributed by atoms with Crippen LogP contribution in [-0.2, 0) is 4.79 Å². The number of rotatable bonds is 6. The molecule has 0 bridgehead atoms. The first-order valence-corrected chi connectivity index (χ1v) is 10.5. The Labute approximate surface area is 183 Å². The minimum Gasteiger partial charge on any atom is -0.353 e. The molecule has 0 radical (unpaired) electrons. The van der Waals surface area contributed by atoms with Crippen molar-refractivity contribution in [2.24, 2.45) is 0 Å². The van der Waals surface area contributed by atoms with Crippen molar-refractivity contribution in [2.75, 3.05) is 6.54 Å². The summed E-state index contributed by atoms with van der Waals surface area (Å²) in [7, 11) is 0. The molecule has 0 aliphatic heterocycles. The van der Waals surface area contributed by atoms with Gasteiger partial charge in [-0.15, -0.1) is 0 Å². The van der Waals surface area contributed by atoms with E-state index in [0.29, 0.717) is 6.54 Å². The van der Waals surface area contributed by atoms with Gasteiger partial charge in [-0.25, -0.2) is 0 Å². The van der Waals surface area contributed by atoms with Crippen molar-refractivity contribution in [3.63, 3.8) is 0 Å². The van der Waals surface area contributed by atoms with Crippen molar-refractivity contribution >= 4 is 11.5 Å². The average molecular weight is 404 g/mol. The van der Waals surface area contributed by atoms with Gasteiger partial charge in [0.2, 0.25) is 5.91 Å². The fraction of sp³-hybridized carbons (Fsp3) is 0.0690. The lowest BCUT2D eigenvalue weighted by atomic mass is 9.94. The Morgan fingerprint density at radius 3 is 1.39 bits per heavy atom. The van der Waals surface area contributed by atoms with Crippen molar-refractivity contribution in [1.29, 1.82) is 0 Å². The van der Waals surface area contributed by atoms with Crippen LogP contribution in [0.2, 0.25) is 0 Å². The van der Waals surface area contributed by atoms with Gasteiger partial charge >= 0.3 is 0 Å². The predicted molar refractivity (Wildman–Crippen MR) is 130 cm³/mol. The molecule has 0 aromatic heterocycles. The van der Waals surface area contributed by atoms with Crippen molar-refractivity contribution in [1.82, 2.24) is 5.32 Å². The van der Waals surface area contributed by atoms with Gasteiger partial charge in [-0.2, -0.15) is 0 Å². The number of hydrogen-bond acceptors (Lipinski definition) is 1. The highest BCUT2D eigenvalue weighted by Gasteiger charge is 2.07. The van der Waals surface area contributed by atoms with Gasteiger partial charge in [-0.3, -0.25) is 4.79 Å². The molecule has 0 aliphatic rings. The Balaban J connectivity index is 1.65. The SMILES string of the molecule is CC(=O)NCC=C(c1ccc(-c2ccccc2)cc1)c1ccc(-c2ccccc2)cc1. The first kappa shape index (κ1) is 20.4. The summed E-state index contributed by atoms with van der Waals surface area (Å²) in [6, 6.07) is 37.9. The molecule has 31 heavy (non-hydrogen) atoms. The Kier molecular flexibility index (Phi) is 6.39. The van der Waals surface area contributed by atoms with Crippen molar-refractivity contribution in [3.05, 3.63) is 126 Å². The van der Waals surface area contributed by atoms with Crippen molar-refractivity contribution < 1.29 is 4.79 Å². The summed E-state index contributed by atoms with van der Waals surface area (Å²) in [5.74, 6) is -0.0329. The molecule has 0 aliphatic carbocycles. The summed E-state index contributed by atoms with van der Waals surface area (Å²) in [5.41, 5.74) is 8.12. The van der Waals surface area contributed by atoms with E-state index in [-0.39, 0.29) is 5.91 Å². The van der Waals surface area contributed by atoms with Crippen LogP contribution < -0.4 is 5.32 Å². The standard InChI is InChI=1S/C29H25NO/c1-22(31)30-21-20-29(27-16-12-25(13-17-27)23-8-4-2-5-9-23)28-18-14-26(15-19-28)24-10-6-3-7-11-24/h2-20H,21H2,1H3,(H,30,31). The van der Waals surface area contributed by atoms with Gasteiger partial charge in [0.05, 0.1) is 0 Å². The molecule has 1 amide bonds. The fourth-order valence-corrected chi connectivity index (χ4v) is 3.64. The average Bonchev–Trinajstić information content (AvgIpc) is 2.83. The smallest absolute Gasteiger partial charge is 0.217 e. The Bertz CT molecular complexity index is 1070. The molecule has 0 fully saturated rings. The second kappa shape index (κ2) is 9.73. The highest BCUT2D eigenvalue weighted by Crippen LogP contribution is 2.28. The number of carbonyl (C=O) groups excluding carboxylic acids is 1. The molecule has 2 nitrogen and oxygen atoms in total. The Hall–Kier alpha value is -3.91. The molecule has 0 saturated carbocycles. The summed E-state index contributed by atoms with van der Waals surface area (Å²) in [5, 5.41) is 2.87. The number of hydrogen-bond donors (Lipinski definition) is 1. The molecule has 0 spiro atoms. The zero-order chi connectivity index (χ0) is 21.5. The number of amides is 1. The molecule has 4 aromatic rings. The van der Waals surface area contributed by atoms with Crippen molar-refractivity contribution in [3.8, 4) is 22.3 Å². The first-order chi connectivity index (χ1) is 15.2. The lowest BCUT2D eigenvalue weighted by molar-refractivity contribution is -0.118. The van der Waals surface area contributed by atoms with Crippen LogP contribution in [0.3, 0.4) is 0 Å². The van der Waals surface area contributed by atoms with E-state index in [1.165, 1.54) is 29.2 Å². The molecular weight excluding hydrogens is 378 g/mol. The van der Waals surface area contributed by atoms with E-state index in [2.05, 4.69) is 108 Å². The summed E-state index contributed by atoms with van der Waals surface area (Å²) in [4.78, 5) is 11.4. The molecule has 1 N–H and O–H groups in total. The van der Waals surface area contributed by atoms with Crippen molar-refractivity contribution in [2.45, 2.75) is 6.92 Å². The van der Waals surface area contributed by atoms with Gasteiger partial charge in [-0.1, -0.05) is 115 Å². The maximum Gasteiger partial charge on any atom is 0.217 e. The highest BCUT2D eigenvalue weighted by molar-refractivity contribution is 5.82. The number of benzene rings is 4. The van der Waals surface area contributed by atoms with Gasteiger partial charge in [-0.05, 0) is 39.0 Å². The predicted octanol–water partition coefficient (Wildman–Crippen LogP) is 6.59. The van der Waals surface area contributed by atoms with Crippen LogP contribution >= 0.6 is 0 Å². The Morgan fingerprint density at radius 2 is 1.00 bits per heavy atom. The van der Waals surface area contributed by atoms with E-state index in [9.17, 15) is 4.79 Å². The van der Waals surface area contributed by atoms with Crippen LogP contribution in [0, 0.1) is 0 Å². The Morgan fingerprint density at radius 1 is 0.613 bits per heavy atom. The third kappa shape index (κ3) is 5.18. The van der Waals surface area contributed by atoms with Crippen LogP contribution in [0.25, 0.3) is 27.8 Å². The molecule has 152 valence electrons. The zero-order valence-electron chi connectivity index (χ0n) is 17.6. The third-order valence-corrected chi connectivity index (χ3v) is 5.26. The molecule has 0 unspecified atom stereocenters. The number of nitrogens with one attached hydrogen (secondary N) is 1. The molecule has 0 atom stereocenters. The monoisotopic (exact) mass is 403 g/mol. The lowest BCUT2D eigenvalue weighted by Crippen LogP contribution is -2.19. The summed E-state index contributed by atoms with van der Waals surface area (Å²) in [6.45, 7) is 2.03. The molecule has 4 rings (SSSR count). The summed E-state index contributed by atoms with van der Waals surface area (Å²) in [6.07, 6.45) is 2.08. The van der Waals surface area contributed by atoms with E-state index in [1.54, 1.807) is 0 Å². The third-order valence-electron chi connectivity index (χ3n) is 5.26. The zero-order valence-corrected chi connectivity index (χ0v) is 17.6. The summed E-state index contributed by atoms with van der Waals surface area (Å²) < 4.78 is 0.